The first-order valence-electron chi connectivity index (χ1n) is 12.6. The highest BCUT2D eigenvalue weighted by molar-refractivity contribution is 6.51. The first-order chi connectivity index (χ1) is 17.8. The lowest BCUT2D eigenvalue weighted by atomic mass is 9.95. The number of carbonyl (C=O) groups excluding carboxylic acids is 2. The number of aliphatic hydroxyl groups is 1. The molecule has 0 spiro atoms. The Morgan fingerprint density at radius 1 is 0.865 bits per heavy atom. The van der Waals surface area contributed by atoms with Crippen LogP contribution in [-0.4, -0.2) is 41.1 Å². The van der Waals surface area contributed by atoms with Gasteiger partial charge in [0.15, 0.2) is 0 Å². The minimum atomic E-state index is -0.857. The highest BCUT2D eigenvalue weighted by Crippen LogP contribution is 2.43. The number of Topliss-reactive ketones (excluding diaryl/α,β-unsaturated/α-hetero) is 1. The number of phenols is 1. The Morgan fingerprint density at radius 2 is 1.46 bits per heavy atom. The molecule has 190 valence electrons. The maximum absolute atomic E-state index is 13.4. The zero-order valence-electron chi connectivity index (χ0n) is 20.9. The molecule has 1 atom stereocenters. The molecule has 1 amide bonds. The predicted molar refractivity (Wildman–Crippen MR) is 143 cm³/mol. The van der Waals surface area contributed by atoms with Crippen LogP contribution in [0.2, 0.25) is 0 Å². The van der Waals surface area contributed by atoms with E-state index < -0.39 is 17.7 Å². The Kier molecular flexibility index (Phi) is 6.61. The van der Waals surface area contributed by atoms with Gasteiger partial charge in [0.2, 0.25) is 0 Å². The number of carbonyl (C=O) groups is 2. The van der Waals surface area contributed by atoms with E-state index >= 15 is 0 Å². The Labute approximate surface area is 216 Å². The summed E-state index contributed by atoms with van der Waals surface area (Å²) in [5.74, 6) is -1.03. The Balaban J connectivity index is 1.58. The van der Waals surface area contributed by atoms with Gasteiger partial charge in [0.05, 0.1) is 17.7 Å². The fourth-order valence-electron chi connectivity index (χ4n) is 4.99. The van der Waals surface area contributed by atoms with Gasteiger partial charge in [-0.2, -0.15) is 0 Å². The van der Waals surface area contributed by atoms with Crippen LogP contribution in [0.3, 0.4) is 0 Å². The molecular formula is C30H30N2O5. The summed E-state index contributed by atoms with van der Waals surface area (Å²) in [6, 6.07) is 19.8. The van der Waals surface area contributed by atoms with Crippen LogP contribution in [0.15, 0.2) is 78.4 Å². The fraction of sp³-hybridized carbons (Fsp3) is 0.267. The van der Waals surface area contributed by atoms with Crippen LogP contribution in [0, 0.1) is 0 Å². The van der Waals surface area contributed by atoms with Crippen molar-refractivity contribution < 1.29 is 24.5 Å². The fourth-order valence-corrected chi connectivity index (χ4v) is 4.99. The number of rotatable bonds is 6. The smallest absolute Gasteiger partial charge is 0.300 e. The predicted octanol–water partition coefficient (Wildman–Crippen LogP) is 5.41. The lowest BCUT2D eigenvalue weighted by Gasteiger charge is -2.26. The van der Waals surface area contributed by atoms with Crippen molar-refractivity contribution in [3.05, 3.63) is 89.5 Å². The van der Waals surface area contributed by atoms with Crippen molar-refractivity contribution in [2.24, 2.45) is 0 Å². The maximum Gasteiger partial charge on any atom is 0.300 e. The lowest BCUT2D eigenvalue weighted by Crippen LogP contribution is -2.29. The van der Waals surface area contributed by atoms with Gasteiger partial charge in [0, 0.05) is 30.0 Å². The zero-order valence-corrected chi connectivity index (χ0v) is 20.9. The number of hydrogen-bond acceptors (Lipinski definition) is 6. The highest BCUT2D eigenvalue weighted by atomic mass is 16.5. The minimum Gasteiger partial charge on any atom is -0.508 e. The number of ketones is 1. The monoisotopic (exact) mass is 498 g/mol. The molecule has 5 rings (SSSR count). The quantitative estimate of drug-likeness (QED) is 0.269. The van der Waals surface area contributed by atoms with E-state index in [0.29, 0.717) is 22.6 Å². The van der Waals surface area contributed by atoms with Crippen LogP contribution in [0.1, 0.15) is 43.9 Å². The summed E-state index contributed by atoms with van der Waals surface area (Å²) in [4.78, 5) is 30.4. The largest absolute Gasteiger partial charge is 0.508 e. The van der Waals surface area contributed by atoms with Gasteiger partial charge in [-0.3, -0.25) is 14.5 Å². The third-order valence-corrected chi connectivity index (χ3v) is 6.75. The summed E-state index contributed by atoms with van der Waals surface area (Å²) in [6.45, 7) is 5.84. The van der Waals surface area contributed by atoms with Crippen molar-refractivity contribution in [2.75, 3.05) is 22.9 Å². The van der Waals surface area contributed by atoms with E-state index in [1.54, 1.807) is 36.4 Å². The normalized spacial score (nSPS) is 19.2. The zero-order chi connectivity index (χ0) is 26.1. The molecule has 2 fully saturated rings. The van der Waals surface area contributed by atoms with E-state index in [0.717, 1.165) is 31.6 Å². The maximum atomic E-state index is 13.4. The Bertz CT molecular complexity index is 1320. The van der Waals surface area contributed by atoms with Crippen molar-refractivity contribution in [1.29, 1.82) is 0 Å². The van der Waals surface area contributed by atoms with Gasteiger partial charge in [-0.1, -0.05) is 12.1 Å². The molecule has 0 aromatic heterocycles. The summed E-state index contributed by atoms with van der Waals surface area (Å²) < 4.78 is 5.68. The third kappa shape index (κ3) is 4.77. The molecule has 0 radical (unpaired) electrons. The molecular weight excluding hydrogens is 468 g/mol. The second kappa shape index (κ2) is 10.0. The summed E-state index contributed by atoms with van der Waals surface area (Å²) in [7, 11) is 0. The van der Waals surface area contributed by atoms with Gasteiger partial charge in [-0.15, -0.1) is 0 Å². The van der Waals surface area contributed by atoms with E-state index in [2.05, 4.69) is 4.90 Å². The van der Waals surface area contributed by atoms with Crippen molar-refractivity contribution >= 4 is 28.8 Å². The number of benzene rings is 3. The van der Waals surface area contributed by atoms with Crippen molar-refractivity contribution in [2.45, 2.75) is 38.8 Å². The van der Waals surface area contributed by atoms with E-state index in [1.165, 1.54) is 17.0 Å². The molecule has 1 unspecified atom stereocenters. The van der Waals surface area contributed by atoms with Gasteiger partial charge >= 0.3 is 0 Å². The van der Waals surface area contributed by atoms with E-state index in [-0.39, 0.29) is 23.2 Å². The van der Waals surface area contributed by atoms with Gasteiger partial charge < -0.3 is 19.8 Å². The molecule has 0 saturated carbocycles. The van der Waals surface area contributed by atoms with Gasteiger partial charge in [0.1, 0.15) is 17.3 Å². The van der Waals surface area contributed by atoms with Crippen LogP contribution >= 0.6 is 0 Å². The molecule has 37 heavy (non-hydrogen) atoms. The number of aromatic hydroxyl groups is 1. The van der Waals surface area contributed by atoms with E-state index in [9.17, 15) is 19.8 Å². The van der Waals surface area contributed by atoms with Gasteiger partial charge in [-0.05, 0) is 92.9 Å². The van der Waals surface area contributed by atoms with E-state index in [4.69, 9.17) is 4.74 Å². The summed E-state index contributed by atoms with van der Waals surface area (Å²) >= 11 is 0. The van der Waals surface area contributed by atoms with E-state index in [1.807, 2.05) is 38.1 Å². The number of nitrogens with zero attached hydrogens (tertiary/aromatic N) is 2. The average Bonchev–Trinajstić information content (AvgIpc) is 3.52. The number of anilines is 2. The molecule has 2 heterocycles. The second-order valence-electron chi connectivity index (χ2n) is 9.66. The van der Waals surface area contributed by atoms with Crippen molar-refractivity contribution in [3.8, 4) is 11.5 Å². The van der Waals surface area contributed by atoms with Crippen LogP contribution in [0.5, 0.6) is 11.5 Å². The average molecular weight is 499 g/mol. The summed E-state index contributed by atoms with van der Waals surface area (Å²) in [5, 5.41) is 21.1. The molecule has 7 nitrogen and oxygen atoms in total. The van der Waals surface area contributed by atoms with Gasteiger partial charge in [0.25, 0.3) is 11.7 Å². The first kappa shape index (κ1) is 24.4. The topological polar surface area (TPSA) is 90.3 Å². The Morgan fingerprint density at radius 3 is 2.05 bits per heavy atom. The highest BCUT2D eigenvalue weighted by Gasteiger charge is 2.47. The second-order valence-corrected chi connectivity index (χ2v) is 9.66. The molecule has 2 saturated heterocycles. The summed E-state index contributed by atoms with van der Waals surface area (Å²) in [6.07, 6.45) is 2.31. The molecule has 2 aliphatic heterocycles. The molecule has 2 aliphatic rings. The third-order valence-electron chi connectivity index (χ3n) is 6.75. The lowest BCUT2D eigenvalue weighted by molar-refractivity contribution is -0.132. The molecule has 3 aromatic rings. The molecule has 3 aromatic carbocycles. The first-order valence-corrected chi connectivity index (χ1v) is 12.6. The number of phenolic OH excluding ortho intramolecular Hbond substituents is 1. The molecule has 0 aliphatic carbocycles. The number of hydrogen-bond donors (Lipinski definition) is 2. The standard InChI is InChI=1S/C30H30N2O5/c1-19(2)37-25-15-7-21(8-16-25)28(34)26-27(20-5-13-24(33)14-6-20)32(30(36)29(26)35)23-11-9-22(10-12-23)31-17-3-4-18-31/h5-16,19,27,33-34H,3-4,17-18H2,1-2H3/b28-26+. The minimum absolute atomic E-state index is 0.00293. The van der Waals surface area contributed by atoms with Crippen LogP contribution < -0.4 is 14.5 Å². The summed E-state index contributed by atoms with van der Waals surface area (Å²) in [5.41, 5.74) is 2.63. The SMILES string of the molecule is CC(C)Oc1ccc(/C(O)=C2\C(=O)C(=O)N(c3ccc(N4CCCC4)cc3)C2c2ccc(O)cc2)cc1. The molecule has 2 N–H and O–H groups in total. The van der Waals surface area contributed by atoms with Crippen molar-refractivity contribution in [1.82, 2.24) is 0 Å². The number of ether oxygens (including phenoxy) is 1. The number of aliphatic hydroxyl groups excluding tert-OH is 1. The molecule has 0 bridgehead atoms. The Hall–Kier alpha value is -4.26. The van der Waals surface area contributed by atoms with Crippen LogP contribution in [0.4, 0.5) is 11.4 Å². The van der Waals surface area contributed by atoms with Crippen molar-refractivity contribution in [3.63, 3.8) is 0 Å². The van der Waals surface area contributed by atoms with Crippen LogP contribution in [0.25, 0.3) is 5.76 Å². The molecule has 7 heteroatoms. The van der Waals surface area contributed by atoms with Crippen LogP contribution in [-0.2, 0) is 9.59 Å². The number of amides is 1. The van der Waals surface area contributed by atoms with Gasteiger partial charge in [-0.25, -0.2) is 0 Å².